The van der Waals surface area contributed by atoms with Crippen LogP contribution >= 0.6 is 11.8 Å². The van der Waals surface area contributed by atoms with Crippen molar-refractivity contribution in [3.8, 4) is 0 Å². The van der Waals surface area contributed by atoms with Gasteiger partial charge in [-0.2, -0.15) is 16.9 Å². The molecule has 1 heterocycles. The number of aromatic nitrogens is 2. The maximum Gasteiger partial charge on any atom is 0.235 e. The molecule has 0 radical (unpaired) electrons. The van der Waals surface area contributed by atoms with Gasteiger partial charge in [-0.1, -0.05) is 43.7 Å². The number of hydrogen-bond donors (Lipinski definition) is 2. The summed E-state index contributed by atoms with van der Waals surface area (Å²) in [6, 6.07) is 12.2. The molecule has 0 aliphatic heterocycles. The molecular weight excluding hydrogens is 282 g/mol. The summed E-state index contributed by atoms with van der Waals surface area (Å²) in [5.41, 5.74) is 2.37. The van der Waals surface area contributed by atoms with E-state index in [4.69, 9.17) is 0 Å². The third kappa shape index (κ3) is 5.63. The van der Waals surface area contributed by atoms with Crippen molar-refractivity contribution in [1.82, 2.24) is 10.2 Å². The van der Waals surface area contributed by atoms with E-state index in [1.54, 1.807) is 11.8 Å². The highest BCUT2D eigenvalue weighted by Gasteiger charge is 2.06. The van der Waals surface area contributed by atoms with E-state index in [2.05, 4.69) is 34.6 Å². The van der Waals surface area contributed by atoms with E-state index in [0.29, 0.717) is 11.6 Å². The molecule has 2 aromatic rings. The minimum atomic E-state index is 0.00242. The Labute approximate surface area is 129 Å². The van der Waals surface area contributed by atoms with E-state index in [-0.39, 0.29) is 5.91 Å². The molecule has 0 aliphatic carbocycles. The molecular formula is C16H21N3OS. The number of carbonyl (C=O) groups is 1. The Morgan fingerprint density at radius 3 is 2.86 bits per heavy atom. The van der Waals surface area contributed by atoms with E-state index < -0.39 is 0 Å². The summed E-state index contributed by atoms with van der Waals surface area (Å²) in [5, 5.41) is 9.83. The quantitative estimate of drug-likeness (QED) is 0.736. The zero-order chi connectivity index (χ0) is 14.9. The van der Waals surface area contributed by atoms with Gasteiger partial charge in [0.25, 0.3) is 0 Å². The maximum atomic E-state index is 11.8. The Hall–Kier alpha value is -1.75. The van der Waals surface area contributed by atoms with Gasteiger partial charge >= 0.3 is 0 Å². The number of aryl methyl sites for hydroxylation is 2. The normalized spacial score (nSPS) is 10.5. The molecule has 112 valence electrons. The van der Waals surface area contributed by atoms with E-state index >= 15 is 0 Å². The molecule has 1 aromatic heterocycles. The van der Waals surface area contributed by atoms with Crippen LogP contribution in [-0.2, 0) is 17.6 Å². The van der Waals surface area contributed by atoms with Gasteiger partial charge in [-0.25, -0.2) is 0 Å². The topological polar surface area (TPSA) is 57.8 Å². The minimum Gasteiger partial charge on any atom is -0.308 e. The maximum absolute atomic E-state index is 11.8. The lowest BCUT2D eigenvalue weighted by atomic mass is 10.2. The highest BCUT2D eigenvalue weighted by molar-refractivity contribution is 7.99. The van der Waals surface area contributed by atoms with Gasteiger partial charge in [0, 0.05) is 11.8 Å². The molecule has 0 fully saturated rings. The fourth-order valence-corrected chi connectivity index (χ4v) is 2.78. The summed E-state index contributed by atoms with van der Waals surface area (Å²) in [6.45, 7) is 2.11. The van der Waals surface area contributed by atoms with Crippen molar-refractivity contribution >= 4 is 23.5 Å². The summed E-state index contributed by atoms with van der Waals surface area (Å²) in [4.78, 5) is 11.8. The van der Waals surface area contributed by atoms with Gasteiger partial charge in [0.1, 0.15) is 0 Å². The Morgan fingerprint density at radius 1 is 1.29 bits per heavy atom. The number of nitrogens with one attached hydrogen (secondary N) is 2. The van der Waals surface area contributed by atoms with E-state index in [9.17, 15) is 4.79 Å². The molecule has 0 unspecified atom stereocenters. The van der Waals surface area contributed by atoms with Crippen LogP contribution in [0.1, 0.15) is 24.6 Å². The van der Waals surface area contributed by atoms with Crippen LogP contribution in [0.15, 0.2) is 36.4 Å². The Morgan fingerprint density at radius 2 is 2.10 bits per heavy atom. The smallest absolute Gasteiger partial charge is 0.235 e. The van der Waals surface area contributed by atoms with Gasteiger partial charge in [0.05, 0.1) is 5.75 Å². The minimum absolute atomic E-state index is 0.00242. The molecule has 0 saturated carbocycles. The van der Waals surface area contributed by atoms with Gasteiger partial charge in [0.15, 0.2) is 5.82 Å². The average molecular weight is 303 g/mol. The lowest BCUT2D eigenvalue weighted by Crippen LogP contribution is -2.14. The number of aromatic amines is 1. The highest BCUT2D eigenvalue weighted by atomic mass is 32.2. The van der Waals surface area contributed by atoms with Crippen LogP contribution in [0.25, 0.3) is 0 Å². The number of amides is 1. The second kappa shape index (κ2) is 8.52. The first-order chi connectivity index (χ1) is 10.3. The molecule has 0 bridgehead atoms. The molecule has 0 aliphatic rings. The molecule has 0 saturated heterocycles. The molecule has 2 rings (SSSR count). The molecule has 2 N–H and O–H groups in total. The van der Waals surface area contributed by atoms with Gasteiger partial charge < -0.3 is 5.32 Å². The Balaban J connectivity index is 1.65. The first-order valence-corrected chi connectivity index (χ1v) is 8.39. The molecule has 0 spiro atoms. The number of benzene rings is 1. The summed E-state index contributed by atoms with van der Waals surface area (Å²) in [5.74, 6) is 2.02. The van der Waals surface area contributed by atoms with Crippen LogP contribution in [0.5, 0.6) is 0 Å². The van der Waals surface area contributed by atoms with Crippen LogP contribution in [-0.4, -0.2) is 27.6 Å². The largest absolute Gasteiger partial charge is 0.308 e. The van der Waals surface area contributed by atoms with Crippen molar-refractivity contribution in [3.63, 3.8) is 0 Å². The zero-order valence-corrected chi connectivity index (χ0v) is 13.1. The van der Waals surface area contributed by atoms with Crippen LogP contribution < -0.4 is 5.32 Å². The Kier molecular flexibility index (Phi) is 6.34. The molecule has 1 amide bonds. The van der Waals surface area contributed by atoms with Crippen LogP contribution in [0, 0.1) is 0 Å². The number of thioether (sulfide) groups is 1. The fourth-order valence-electron chi connectivity index (χ4n) is 2.00. The lowest BCUT2D eigenvalue weighted by molar-refractivity contribution is -0.113. The van der Waals surface area contributed by atoms with Crippen molar-refractivity contribution in [2.75, 3.05) is 16.8 Å². The molecule has 5 heteroatoms. The van der Waals surface area contributed by atoms with Crippen molar-refractivity contribution in [1.29, 1.82) is 0 Å². The third-order valence-electron chi connectivity index (χ3n) is 3.03. The summed E-state index contributed by atoms with van der Waals surface area (Å²) < 4.78 is 0. The summed E-state index contributed by atoms with van der Waals surface area (Å²) in [7, 11) is 0. The number of H-pyrrole nitrogens is 1. The van der Waals surface area contributed by atoms with E-state index in [1.165, 1.54) is 5.56 Å². The molecule has 0 atom stereocenters. The second-order valence-corrected chi connectivity index (χ2v) is 5.97. The predicted octanol–water partition coefficient (Wildman–Crippen LogP) is 3.28. The summed E-state index contributed by atoms with van der Waals surface area (Å²) in [6.07, 6.45) is 3.00. The number of hydrogen-bond acceptors (Lipinski definition) is 3. The highest BCUT2D eigenvalue weighted by Crippen LogP contribution is 2.10. The standard InChI is InChI=1S/C16H21N3OS/c1-2-6-14-11-15(19-18-14)17-16(20)12-21-10-9-13-7-4-3-5-8-13/h3-5,7-8,11H,2,6,9-10,12H2,1H3,(H2,17,18,19,20). The number of rotatable bonds is 8. The van der Waals surface area contributed by atoms with Gasteiger partial charge in [-0.05, 0) is 24.2 Å². The van der Waals surface area contributed by atoms with Crippen molar-refractivity contribution < 1.29 is 4.79 Å². The molecule has 21 heavy (non-hydrogen) atoms. The number of anilines is 1. The lowest BCUT2D eigenvalue weighted by Gasteiger charge is -2.02. The molecule has 1 aromatic carbocycles. The monoisotopic (exact) mass is 303 g/mol. The SMILES string of the molecule is CCCc1cc(NC(=O)CSCCc2ccccc2)n[nH]1. The summed E-state index contributed by atoms with van der Waals surface area (Å²) >= 11 is 1.64. The fraction of sp³-hybridized carbons (Fsp3) is 0.375. The van der Waals surface area contributed by atoms with Crippen LogP contribution in [0.4, 0.5) is 5.82 Å². The average Bonchev–Trinajstić information content (AvgIpc) is 2.92. The van der Waals surface area contributed by atoms with Gasteiger partial charge in [-0.15, -0.1) is 0 Å². The predicted molar refractivity (Wildman–Crippen MR) is 88.7 cm³/mol. The van der Waals surface area contributed by atoms with E-state index in [1.807, 2.05) is 24.3 Å². The van der Waals surface area contributed by atoms with Gasteiger partial charge in [-0.3, -0.25) is 9.89 Å². The first kappa shape index (κ1) is 15.6. The zero-order valence-electron chi connectivity index (χ0n) is 12.3. The van der Waals surface area contributed by atoms with Crippen LogP contribution in [0.3, 0.4) is 0 Å². The second-order valence-electron chi connectivity index (χ2n) is 4.86. The van der Waals surface area contributed by atoms with Gasteiger partial charge in [0.2, 0.25) is 5.91 Å². The van der Waals surface area contributed by atoms with Crippen molar-refractivity contribution in [2.24, 2.45) is 0 Å². The van der Waals surface area contributed by atoms with E-state index in [0.717, 1.165) is 30.7 Å². The van der Waals surface area contributed by atoms with Crippen LogP contribution in [0.2, 0.25) is 0 Å². The number of nitrogens with zero attached hydrogens (tertiary/aromatic N) is 1. The van der Waals surface area contributed by atoms with Crippen molar-refractivity contribution in [2.45, 2.75) is 26.2 Å². The first-order valence-electron chi connectivity index (χ1n) is 7.23. The third-order valence-corrected chi connectivity index (χ3v) is 3.99. The Bertz CT molecular complexity index is 554. The van der Waals surface area contributed by atoms with Crippen molar-refractivity contribution in [3.05, 3.63) is 47.7 Å². The number of carbonyl (C=O) groups excluding carboxylic acids is 1. The molecule has 4 nitrogen and oxygen atoms in total.